The van der Waals surface area contributed by atoms with Gasteiger partial charge in [0.05, 0.1) is 12.5 Å². The van der Waals surface area contributed by atoms with Gasteiger partial charge < -0.3 is 9.58 Å². The van der Waals surface area contributed by atoms with E-state index in [0.717, 1.165) is 22.5 Å². The molecule has 0 amide bonds. The van der Waals surface area contributed by atoms with E-state index in [1.165, 1.54) is 7.11 Å². The fourth-order valence-corrected chi connectivity index (χ4v) is 3.63. The van der Waals surface area contributed by atoms with E-state index in [2.05, 4.69) is 22.0 Å². The number of rotatable bonds is 7. The Morgan fingerprint density at radius 3 is 2.26 bits per heavy atom. The summed E-state index contributed by atoms with van der Waals surface area (Å²) in [4.78, 5) is 20.5. The lowest BCUT2D eigenvalue weighted by atomic mass is 9.76. The summed E-state index contributed by atoms with van der Waals surface area (Å²) >= 11 is 0. The summed E-state index contributed by atoms with van der Waals surface area (Å²) in [5, 5.41) is 0. The molecule has 0 fully saturated rings. The molecule has 1 heterocycles. The summed E-state index contributed by atoms with van der Waals surface area (Å²) in [7, 11) is 1.42. The second kappa shape index (κ2) is 8.81. The Hall–Kier alpha value is -2.67. The third-order valence-electron chi connectivity index (χ3n) is 4.92. The van der Waals surface area contributed by atoms with Gasteiger partial charge in [0.25, 0.3) is 0 Å². The van der Waals surface area contributed by atoms with Gasteiger partial charge in [-0.3, -0.25) is 9.78 Å². The predicted octanol–water partition coefficient (Wildman–Crippen LogP) is 5.42. The summed E-state index contributed by atoms with van der Waals surface area (Å²) in [6.07, 6.45) is 1.27. The predicted molar refractivity (Wildman–Crippen MR) is 107 cm³/mol. The molecule has 1 aromatic heterocycles. The van der Waals surface area contributed by atoms with E-state index in [-0.39, 0.29) is 17.9 Å². The van der Waals surface area contributed by atoms with E-state index in [0.29, 0.717) is 12.8 Å². The van der Waals surface area contributed by atoms with Gasteiger partial charge in [-0.1, -0.05) is 30.3 Å². The van der Waals surface area contributed by atoms with Crippen LogP contribution in [-0.2, 0) is 9.53 Å². The number of carbonyl (C=O) groups excluding carboxylic acids is 1. The van der Waals surface area contributed by atoms with Crippen LogP contribution in [0.1, 0.15) is 61.2 Å². The molecule has 0 saturated heterocycles. The molecule has 4 nitrogen and oxygen atoms in total. The number of aryl methyl sites for hydroxylation is 2. The van der Waals surface area contributed by atoms with Gasteiger partial charge in [0.1, 0.15) is 0 Å². The molecule has 0 saturated carbocycles. The minimum Gasteiger partial charge on any atom is -0.469 e. The van der Waals surface area contributed by atoms with Gasteiger partial charge in [0.15, 0.2) is 0 Å². The van der Waals surface area contributed by atoms with Crippen molar-refractivity contribution in [2.45, 2.75) is 52.5 Å². The van der Waals surface area contributed by atoms with Gasteiger partial charge >= 0.3 is 5.97 Å². The SMILES string of the molecule is [C-]#[N+]C(CC(CC(C)(C)C(=O)OC)c1ccccc1)c1cc(C)nc(C)c1. The zero-order chi connectivity index (χ0) is 20.0. The van der Waals surface area contributed by atoms with Crippen molar-refractivity contribution in [2.75, 3.05) is 7.11 Å². The molecule has 2 aromatic rings. The molecule has 0 radical (unpaired) electrons. The maximum absolute atomic E-state index is 12.2. The Morgan fingerprint density at radius 1 is 1.15 bits per heavy atom. The highest BCUT2D eigenvalue weighted by Gasteiger charge is 2.35. The number of ether oxygens (including phenoxy) is 1. The van der Waals surface area contributed by atoms with Gasteiger partial charge in [-0.2, -0.15) is 0 Å². The number of nitrogens with zero attached hydrogens (tertiary/aromatic N) is 2. The fraction of sp³-hybridized carbons (Fsp3) is 0.435. The van der Waals surface area contributed by atoms with E-state index in [4.69, 9.17) is 11.3 Å². The van der Waals surface area contributed by atoms with Crippen molar-refractivity contribution >= 4 is 5.97 Å². The number of benzene rings is 1. The maximum Gasteiger partial charge on any atom is 0.311 e. The van der Waals surface area contributed by atoms with Crippen molar-refractivity contribution in [3.05, 3.63) is 76.4 Å². The number of pyridine rings is 1. The molecule has 0 aliphatic rings. The standard InChI is InChI=1S/C23H28N2O2/c1-16-12-19(13-17(2)25-16)21(24-5)14-20(18-10-8-7-9-11-18)15-23(3,4)22(26)27-6/h7-13,20-21H,14-15H2,1-4,6H3. The van der Waals surface area contributed by atoms with Crippen LogP contribution in [0.15, 0.2) is 42.5 Å². The lowest BCUT2D eigenvalue weighted by molar-refractivity contribution is -0.151. The van der Waals surface area contributed by atoms with Gasteiger partial charge in [-0.05, 0) is 57.7 Å². The molecular formula is C23H28N2O2. The minimum atomic E-state index is -0.619. The van der Waals surface area contributed by atoms with E-state index in [1.807, 2.05) is 58.0 Å². The molecule has 0 aliphatic heterocycles. The number of aromatic nitrogens is 1. The van der Waals surface area contributed by atoms with Crippen LogP contribution in [0.3, 0.4) is 0 Å². The van der Waals surface area contributed by atoms with Crippen LogP contribution in [0, 0.1) is 25.8 Å². The second-order valence-corrected chi connectivity index (χ2v) is 7.75. The Labute approximate surface area is 162 Å². The Kier molecular flexibility index (Phi) is 6.74. The van der Waals surface area contributed by atoms with E-state index < -0.39 is 5.41 Å². The lowest BCUT2D eigenvalue weighted by Crippen LogP contribution is -2.28. The van der Waals surface area contributed by atoms with Gasteiger partial charge in [-0.15, -0.1) is 0 Å². The smallest absolute Gasteiger partial charge is 0.311 e. The van der Waals surface area contributed by atoms with E-state index in [1.54, 1.807) is 0 Å². The fourth-order valence-electron chi connectivity index (χ4n) is 3.63. The van der Waals surface area contributed by atoms with Crippen molar-refractivity contribution in [3.8, 4) is 0 Å². The third kappa shape index (κ3) is 5.40. The molecule has 0 N–H and O–H groups in total. The van der Waals surface area contributed by atoms with Crippen molar-refractivity contribution in [1.29, 1.82) is 0 Å². The number of hydrogen-bond donors (Lipinski definition) is 0. The number of esters is 1. The molecule has 4 heteroatoms. The second-order valence-electron chi connectivity index (χ2n) is 7.75. The highest BCUT2D eigenvalue weighted by atomic mass is 16.5. The molecule has 2 atom stereocenters. The third-order valence-corrected chi connectivity index (χ3v) is 4.92. The largest absolute Gasteiger partial charge is 0.469 e. The van der Waals surface area contributed by atoms with Gasteiger partial charge in [0, 0.05) is 23.4 Å². The first kappa shape index (κ1) is 20.6. The summed E-state index contributed by atoms with van der Waals surface area (Å²) in [5.74, 6) is -0.147. The first-order valence-electron chi connectivity index (χ1n) is 9.22. The number of hydrogen-bond acceptors (Lipinski definition) is 3. The van der Waals surface area contributed by atoms with E-state index in [9.17, 15) is 4.79 Å². The molecule has 1 aromatic carbocycles. The quantitative estimate of drug-likeness (QED) is 0.486. The Bertz CT molecular complexity index is 802. The summed E-state index contributed by atoms with van der Waals surface area (Å²) in [6.45, 7) is 15.5. The molecular weight excluding hydrogens is 336 g/mol. The zero-order valence-corrected chi connectivity index (χ0v) is 16.8. The van der Waals surface area contributed by atoms with Crippen LogP contribution in [0.25, 0.3) is 4.85 Å². The topological polar surface area (TPSA) is 43.5 Å². The van der Waals surface area contributed by atoms with Crippen LogP contribution in [0.2, 0.25) is 0 Å². The monoisotopic (exact) mass is 364 g/mol. The van der Waals surface area contributed by atoms with Crippen LogP contribution in [0.4, 0.5) is 0 Å². The normalized spacial score (nSPS) is 13.5. The van der Waals surface area contributed by atoms with Crippen molar-refractivity contribution in [3.63, 3.8) is 0 Å². The van der Waals surface area contributed by atoms with Crippen LogP contribution in [-0.4, -0.2) is 18.1 Å². The Morgan fingerprint density at radius 2 is 1.74 bits per heavy atom. The molecule has 0 aliphatic carbocycles. The summed E-state index contributed by atoms with van der Waals surface area (Å²) in [5.41, 5.74) is 3.36. The summed E-state index contributed by atoms with van der Waals surface area (Å²) in [6, 6.07) is 13.8. The number of methoxy groups -OCH3 is 1. The van der Waals surface area contributed by atoms with Crippen molar-refractivity contribution < 1.29 is 9.53 Å². The van der Waals surface area contributed by atoms with Gasteiger partial charge in [0.2, 0.25) is 6.04 Å². The van der Waals surface area contributed by atoms with Crippen LogP contribution in [0.5, 0.6) is 0 Å². The number of carbonyl (C=O) groups is 1. The highest BCUT2D eigenvalue weighted by molar-refractivity contribution is 5.75. The van der Waals surface area contributed by atoms with Crippen molar-refractivity contribution in [1.82, 2.24) is 4.98 Å². The molecule has 0 spiro atoms. The Balaban J connectivity index is 2.35. The first-order valence-corrected chi connectivity index (χ1v) is 9.22. The summed E-state index contributed by atoms with van der Waals surface area (Å²) < 4.78 is 4.99. The average Bonchev–Trinajstić information content (AvgIpc) is 2.64. The van der Waals surface area contributed by atoms with Crippen LogP contribution < -0.4 is 0 Å². The highest BCUT2D eigenvalue weighted by Crippen LogP contribution is 2.39. The molecule has 27 heavy (non-hydrogen) atoms. The van der Waals surface area contributed by atoms with Crippen molar-refractivity contribution in [2.24, 2.45) is 5.41 Å². The van der Waals surface area contributed by atoms with E-state index >= 15 is 0 Å². The first-order chi connectivity index (χ1) is 12.8. The molecule has 142 valence electrons. The molecule has 0 bridgehead atoms. The van der Waals surface area contributed by atoms with Gasteiger partial charge in [-0.25, -0.2) is 6.57 Å². The lowest BCUT2D eigenvalue weighted by Gasteiger charge is -2.28. The zero-order valence-electron chi connectivity index (χ0n) is 16.8. The average molecular weight is 364 g/mol. The molecule has 2 unspecified atom stereocenters. The van der Waals surface area contributed by atoms with Crippen LogP contribution >= 0.6 is 0 Å². The maximum atomic E-state index is 12.2. The molecule has 2 rings (SSSR count). The minimum absolute atomic E-state index is 0.0770.